The lowest BCUT2D eigenvalue weighted by Gasteiger charge is -2.08. The first-order valence-corrected chi connectivity index (χ1v) is 7.83. The predicted octanol–water partition coefficient (Wildman–Crippen LogP) is 2.50. The third-order valence-corrected chi connectivity index (χ3v) is 4.01. The lowest BCUT2D eigenvalue weighted by Crippen LogP contribution is -2.30. The summed E-state index contributed by atoms with van der Waals surface area (Å²) in [6, 6.07) is 8.42. The second kappa shape index (κ2) is 7.82. The molecule has 0 radical (unpaired) electrons. The Morgan fingerprint density at radius 1 is 1.32 bits per heavy atom. The Labute approximate surface area is 137 Å². The molecule has 0 atom stereocenters. The van der Waals surface area contributed by atoms with E-state index >= 15 is 0 Å². The quantitative estimate of drug-likeness (QED) is 0.626. The van der Waals surface area contributed by atoms with Crippen LogP contribution in [0.1, 0.15) is 15.2 Å². The number of anilines is 1. The molecule has 0 fully saturated rings. The molecule has 2 rings (SSSR count). The van der Waals surface area contributed by atoms with Gasteiger partial charge in [-0.05, 0) is 36.1 Å². The number of carbonyl (C=O) groups is 2. The topological polar surface area (TPSA) is 81.4 Å². The number of halogens is 1. The molecule has 0 spiro atoms. The summed E-state index contributed by atoms with van der Waals surface area (Å²) < 4.78 is 4.93. The van der Waals surface area contributed by atoms with Crippen LogP contribution in [0.4, 0.5) is 5.69 Å². The van der Waals surface area contributed by atoms with Crippen molar-refractivity contribution in [3.05, 3.63) is 51.2 Å². The number of amides is 1. The maximum Gasteiger partial charge on any atom is 0.340 e. The van der Waals surface area contributed by atoms with E-state index < -0.39 is 5.97 Å². The molecule has 0 aliphatic carbocycles. The Morgan fingerprint density at radius 3 is 2.82 bits per heavy atom. The number of carbonyl (C=O) groups excluding carboxylic acids is 2. The smallest absolute Gasteiger partial charge is 0.340 e. The highest BCUT2D eigenvalue weighted by Crippen LogP contribution is 2.18. The molecule has 7 heteroatoms. The molecular formula is C15H15ClN2O3S. The Kier molecular flexibility index (Phi) is 5.80. The van der Waals surface area contributed by atoms with E-state index in [0.717, 1.165) is 6.42 Å². The second-order valence-corrected chi connectivity index (χ2v) is 5.96. The minimum absolute atomic E-state index is 0.191. The molecule has 116 valence electrons. The molecule has 0 saturated heterocycles. The van der Waals surface area contributed by atoms with Crippen LogP contribution in [0.2, 0.25) is 5.02 Å². The van der Waals surface area contributed by atoms with Crippen LogP contribution in [0.3, 0.4) is 0 Å². The van der Waals surface area contributed by atoms with Gasteiger partial charge >= 0.3 is 5.97 Å². The average Bonchev–Trinajstić information content (AvgIpc) is 2.98. The maximum absolute atomic E-state index is 11.8. The minimum Gasteiger partial charge on any atom is -0.452 e. The van der Waals surface area contributed by atoms with Gasteiger partial charge in [0.05, 0.1) is 5.56 Å². The highest BCUT2D eigenvalue weighted by atomic mass is 35.5. The van der Waals surface area contributed by atoms with Crippen molar-refractivity contribution in [1.82, 2.24) is 5.32 Å². The lowest BCUT2D eigenvalue weighted by atomic mass is 10.2. The van der Waals surface area contributed by atoms with Gasteiger partial charge in [-0.25, -0.2) is 4.79 Å². The molecule has 0 aliphatic rings. The number of nitrogens with one attached hydrogen (secondary N) is 1. The number of nitrogen functional groups attached to an aromatic ring is 1. The van der Waals surface area contributed by atoms with Crippen LogP contribution in [0.5, 0.6) is 0 Å². The van der Waals surface area contributed by atoms with Crippen molar-refractivity contribution < 1.29 is 14.3 Å². The fourth-order valence-electron chi connectivity index (χ4n) is 1.76. The Bertz CT molecular complexity index is 659. The molecule has 1 amide bonds. The van der Waals surface area contributed by atoms with E-state index in [1.54, 1.807) is 11.3 Å². The molecular weight excluding hydrogens is 324 g/mol. The summed E-state index contributed by atoms with van der Waals surface area (Å²) in [5.74, 6) is -1.000. The van der Waals surface area contributed by atoms with Crippen LogP contribution in [-0.4, -0.2) is 25.0 Å². The summed E-state index contributed by atoms with van der Waals surface area (Å²) in [5, 5.41) is 5.10. The number of esters is 1. The van der Waals surface area contributed by atoms with E-state index in [1.165, 1.54) is 23.1 Å². The van der Waals surface area contributed by atoms with Gasteiger partial charge in [0.2, 0.25) is 0 Å². The minimum atomic E-state index is -0.650. The Balaban J connectivity index is 1.74. The molecule has 0 aliphatic heterocycles. The molecule has 1 aromatic heterocycles. The number of hydrogen-bond acceptors (Lipinski definition) is 5. The molecule has 2 aromatic rings. The number of thiophene rings is 1. The second-order valence-electron chi connectivity index (χ2n) is 4.49. The van der Waals surface area contributed by atoms with E-state index in [0.29, 0.717) is 11.6 Å². The largest absolute Gasteiger partial charge is 0.452 e. The van der Waals surface area contributed by atoms with Crippen LogP contribution in [0, 0.1) is 0 Å². The lowest BCUT2D eigenvalue weighted by molar-refractivity contribution is -0.124. The van der Waals surface area contributed by atoms with E-state index in [9.17, 15) is 9.59 Å². The van der Waals surface area contributed by atoms with Gasteiger partial charge in [0.15, 0.2) is 6.61 Å². The summed E-state index contributed by atoms with van der Waals surface area (Å²) in [6.45, 7) is 0.158. The van der Waals surface area contributed by atoms with E-state index in [4.69, 9.17) is 22.1 Å². The third-order valence-electron chi connectivity index (χ3n) is 2.84. The Morgan fingerprint density at radius 2 is 2.14 bits per heavy atom. The molecule has 0 bridgehead atoms. The van der Waals surface area contributed by atoms with Crippen LogP contribution < -0.4 is 11.1 Å². The molecule has 0 saturated carbocycles. The van der Waals surface area contributed by atoms with Crippen molar-refractivity contribution in [2.24, 2.45) is 0 Å². The third kappa shape index (κ3) is 4.75. The standard InChI is InChI=1S/C15H15ClN2O3S/c16-10-3-4-12(13(17)8-10)15(20)21-9-14(19)18-6-5-11-2-1-7-22-11/h1-4,7-8H,5-6,9,17H2,(H,18,19). The number of hydrogen-bond donors (Lipinski definition) is 2. The van der Waals surface area contributed by atoms with Gasteiger partial charge in [0.1, 0.15) is 0 Å². The summed E-state index contributed by atoms with van der Waals surface area (Å²) in [4.78, 5) is 24.6. The van der Waals surface area contributed by atoms with Crippen molar-refractivity contribution in [2.45, 2.75) is 6.42 Å². The highest BCUT2D eigenvalue weighted by Gasteiger charge is 2.13. The van der Waals surface area contributed by atoms with Crippen molar-refractivity contribution >= 4 is 40.5 Å². The Hall–Kier alpha value is -2.05. The van der Waals surface area contributed by atoms with Gasteiger partial charge in [0.25, 0.3) is 5.91 Å². The molecule has 22 heavy (non-hydrogen) atoms. The first-order valence-electron chi connectivity index (χ1n) is 6.57. The normalized spacial score (nSPS) is 10.2. The van der Waals surface area contributed by atoms with Gasteiger partial charge in [-0.3, -0.25) is 4.79 Å². The molecule has 3 N–H and O–H groups in total. The summed E-state index contributed by atoms with van der Waals surface area (Å²) in [5.41, 5.74) is 6.09. The summed E-state index contributed by atoms with van der Waals surface area (Å²) in [6.07, 6.45) is 0.751. The van der Waals surface area contributed by atoms with E-state index in [2.05, 4.69) is 5.32 Å². The van der Waals surface area contributed by atoms with Crippen LogP contribution in [0.15, 0.2) is 35.7 Å². The van der Waals surface area contributed by atoms with Crippen LogP contribution in [-0.2, 0) is 16.0 Å². The van der Waals surface area contributed by atoms with Gasteiger partial charge in [-0.1, -0.05) is 17.7 Å². The van der Waals surface area contributed by atoms with Crippen molar-refractivity contribution in [3.8, 4) is 0 Å². The van der Waals surface area contributed by atoms with Crippen molar-refractivity contribution in [3.63, 3.8) is 0 Å². The average molecular weight is 339 g/mol. The fourth-order valence-corrected chi connectivity index (χ4v) is 2.65. The molecule has 0 unspecified atom stereocenters. The van der Waals surface area contributed by atoms with Crippen LogP contribution >= 0.6 is 22.9 Å². The number of rotatable bonds is 6. The van der Waals surface area contributed by atoms with Gasteiger partial charge in [-0.2, -0.15) is 0 Å². The first-order chi connectivity index (χ1) is 10.6. The zero-order valence-electron chi connectivity index (χ0n) is 11.7. The number of benzene rings is 1. The summed E-state index contributed by atoms with van der Waals surface area (Å²) >= 11 is 7.38. The number of nitrogens with two attached hydrogens (primary N) is 1. The van der Waals surface area contributed by atoms with Crippen molar-refractivity contribution in [1.29, 1.82) is 0 Å². The van der Waals surface area contributed by atoms with E-state index in [-0.39, 0.29) is 23.8 Å². The molecule has 5 nitrogen and oxygen atoms in total. The predicted molar refractivity (Wildman–Crippen MR) is 87.2 cm³/mol. The van der Waals surface area contributed by atoms with Gasteiger partial charge in [-0.15, -0.1) is 11.3 Å². The maximum atomic E-state index is 11.8. The SMILES string of the molecule is Nc1cc(Cl)ccc1C(=O)OCC(=O)NCCc1cccs1. The van der Waals surface area contributed by atoms with Crippen molar-refractivity contribution in [2.75, 3.05) is 18.9 Å². The fraction of sp³-hybridized carbons (Fsp3) is 0.200. The van der Waals surface area contributed by atoms with Crippen LogP contribution in [0.25, 0.3) is 0 Å². The monoisotopic (exact) mass is 338 g/mol. The number of ether oxygens (including phenoxy) is 1. The van der Waals surface area contributed by atoms with E-state index in [1.807, 2.05) is 17.5 Å². The summed E-state index contributed by atoms with van der Waals surface area (Å²) in [7, 11) is 0. The highest BCUT2D eigenvalue weighted by molar-refractivity contribution is 7.09. The van der Waals surface area contributed by atoms with Gasteiger partial charge < -0.3 is 15.8 Å². The molecule has 1 heterocycles. The zero-order valence-corrected chi connectivity index (χ0v) is 13.2. The zero-order chi connectivity index (χ0) is 15.9. The molecule has 1 aromatic carbocycles. The van der Waals surface area contributed by atoms with Gasteiger partial charge in [0, 0.05) is 22.1 Å². The first kappa shape index (κ1) is 16.3.